The maximum atomic E-state index is 11.6. The van der Waals surface area contributed by atoms with Gasteiger partial charge in [0.15, 0.2) is 0 Å². The van der Waals surface area contributed by atoms with E-state index in [1.54, 1.807) is 5.38 Å². The Kier molecular flexibility index (Phi) is 3.56. The molecule has 2 rings (SSSR count). The molecule has 0 unspecified atom stereocenters. The molecule has 0 aliphatic heterocycles. The molecule has 0 fully saturated rings. The molecule has 0 atom stereocenters. The van der Waals surface area contributed by atoms with Crippen molar-refractivity contribution in [1.82, 2.24) is 14.5 Å². The minimum atomic E-state index is -1.00. The minimum Gasteiger partial charge on any atom is -0.288 e. The van der Waals surface area contributed by atoms with E-state index in [1.807, 2.05) is 11.9 Å². The molecule has 0 saturated carbocycles. The molecule has 100 valence electrons. The van der Waals surface area contributed by atoms with Crippen molar-refractivity contribution >= 4 is 17.0 Å². The van der Waals surface area contributed by atoms with Crippen LogP contribution >= 0.6 is 11.3 Å². The molecule has 0 bridgehead atoms. The fourth-order valence-corrected chi connectivity index (χ4v) is 2.24. The Morgan fingerprint density at radius 2 is 2.26 bits per heavy atom. The Morgan fingerprint density at radius 1 is 1.53 bits per heavy atom. The standard InChI is InChI=1S/C10H10N4O4S/c1-2-8-11-6(5-19-8)3-13-4-7(14(17)18)9(15)12-10(13)16/h4-5H,2-3H2,1H3,(H,12,15,16). The number of aryl methyl sites for hydroxylation is 1. The third-order valence-corrected chi connectivity index (χ3v) is 3.46. The van der Waals surface area contributed by atoms with Gasteiger partial charge in [-0.15, -0.1) is 11.3 Å². The third kappa shape index (κ3) is 2.76. The molecule has 0 aliphatic rings. The molecular formula is C10H10N4O4S. The van der Waals surface area contributed by atoms with E-state index in [2.05, 4.69) is 4.98 Å². The van der Waals surface area contributed by atoms with Crippen LogP contribution in [0.4, 0.5) is 5.69 Å². The first-order valence-corrected chi connectivity index (χ1v) is 6.30. The smallest absolute Gasteiger partial charge is 0.288 e. The van der Waals surface area contributed by atoms with E-state index in [4.69, 9.17) is 0 Å². The van der Waals surface area contributed by atoms with Crippen LogP contribution < -0.4 is 11.2 Å². The number of nitrogens with zero attached hydrogens (tertiary/aromatic N) is 3. The normalized spacial score (nSPS) is 10.6. The number of nitrogens with one attached hydrogen (secondary N) is 1. The highest BCUT2D eigenvalue weighted by Crippen LogP contribution is 2.11. The summed E-state index contributed by atoms with van der Waals surface area (Å²) in [5, 5.41) is 13.3. The molecule has 0 saturated heterocycles. The van der Waals surface area contributed by atoms with Gasteiger partial charge < -0.3 is 0 Å². The van der Waals surface area contributed by atoms with E-state index in [1.165, 1.54) is 11.3 Å². The van der Waals surface area contributed by atoms with Crippen LogP contribution in [0.25, 0.3) is 0 Å². The number of thiazole rings is 1. The maximum absolute atomic E-state index is 11.6. The fraction of sp³-hybridized carbons (Fsp3) is 0.300. The van der Waals surface area contributed by atoms with Crippen LogP contribution in [0.5, 0.6) is 0 Å². The van der Waals surface area contributed by atoms with Gasteiger partial charge in [0.25, 0.3) is 0 Å². The van der Waals surface area contributed by atoms with Gasteiger partial charge >= 0.3 is 16.9 Å². The topological polar surface area (TPSA) is 111 Å². The Bertz CT molecular complexity index is 730. The molecule has 0 amide bonds. The highest BCUT2D eigenvalue weighted by molar-refractivity contribution is 7.09. The number of H-pyrrole nitrogens is 1. The summed E-state index contributed by atoms with van der Waals surface area (Å²) >= 11 is 1.46. The average molecular weight is 282 g/mol. The van der Waals surface area contributed by atoms with Crippen LogP contribution in [-0.4, -0.2) is 19.5 Å². The summed E-state index contributed by atoms with van der Waals surface area (Å²) in [5.41, 5.74) is -1.73. The minimum absolute atomic E-state index is 0.0902. The van der Waals surface area contributed by atoms with E-state index in [-0.39, 0.29) is 6.54 Å². The van der Waals surface area contributed by atoms with Crippen molar-refractivity contribution in [1.29, 1.82) is 0 Å². The monoisotopic (exact) mass is 282 g/mol. The number of nitro groups is 1. The molecule has 1 N–H and O–H groups in total. The van der Waals surface area contributed by atoms with Crippen molar-refractivity contribution in [2.75, 3.05) is 0 Å². The first kappa shape index (κ1) is 13.1. The summed E-state index contributed by atoms with van der Waals surface area (Å²) in [4.78, 5) is 38.8. The molecule has 2 aromatic rings. The number of rotatable bonds is 4. The number of aromatic nitrogens is 3. The zero-order valence-electron chi connectivity index (χ0n) is 9.95. The van der Waals surface area contributed by atoms with E-state index >= 15 is 0 Å². The van der Waals surface area contributed by atoms with Crippen LogP contribution in [0.3, 0.4) is 0 Å². The van der Waals surface area contributed by atoms with Crippen LogP contribution in [0.2, 0.25) is 0 Å². The molecule has 2 heterocycles. The van der Waals surface area contributed by atoms with Gasteiger partial charge in [0.2, 0.25) is 0 Å². The first-order valence-electron chi connectivity index (χ1n) is 5.42. The summed E-state index contributed by atoms with van der Waals surface area (Å²) < 4.78 is 1.06. The Balaban J connectivity index is 2.39. The fourth-order valence-electron chi connectivity index (χ4n) is 1.50. The molecule has 0 aromatic carbocycles. The molecular weight excluding hydrogens is 272 g/mol. The second-order valence-electron chi connectivity index (χ2n) is 3.74. The zero-order valence-corrected chi connectivity index (χ0v) is 10.8. The van der Waals surface area contributed by atoms with Crippen molar-refractivity contribution in [3.05, 3.63) is 53.2 Å². The zero-order chi connectivity index (χ0) is 14.0. The highest BCUT2D eigenvalue weighted by Gasteiger charge is 2.15. The predicted molar refractivity (Wildman–Crippen MR) is 68.6 cm³/mol. The van der Waals surface area contributed by atoms with E-state index < -0.39 is 21.9 Å². The molecule has 2 aromatic heterocycles. The highest BCUT2D eigenvalue weighted by atomic mass is 32.1. The maximum Gasteiger partial charge on any atom is 0.350 e. The molecule has 8 nitrogen and oxygen atoms in total. The number of aromatic amines is 1. The van der Waals surface area contributed by atoms with Gasteiger partial charge in [0.05, 0.1) is 28.4 Å². The summed E-state index contributed by atoms with van der Waals surface area (Å²) in [6, 6.07) is 0. The third-order valence-electron chi connectivity index (χ3n) is 2.42. The summed E-state index contributed by atoms with van der Waals surface area (Å²) in [7, 11) is 0. The van der Waals surface area contributed by atoms with Gasteiger partial charge in [0, 0.05) is 5.38 Å². The van der Waals surface area contributed by atoms with E-state index in [0.29, 0.717) is 5.69 Å². The van der Waals surface area contributed by atoms with Crippen LogP contribution in [0.15, 0.2) is 21.2 Å². The predicted octanol–water partition coefficient (Wildman–Crippen LogP) is 0.512. The summed E-state index contributed by atoms with van der Waals surface area (Å²) in [5.74, 6) is 0. The van der Waals surface area contributed by atoms with Gasteiger partial charge in [-0.2, -0.15) is 0 Å². The average Bonchev–Trinajstić information content (AvgIpc) is 2.80. The molecule has 0 spiro atoms. The van der Waals surface area contributed by atoms with Crippen molar-refractivity contribution in [2.45, 2.75) is 19.9 Å². The first-order chi connectivity index (χ1) is 9.01. The second kappa shape index (κ2) is 5.14. The van der Waals surface area contributed by atoms with Gasteiger partial charge in [-0.25, -0.2) is 9.78 Å². The molecule has 0 aliphatic carbocycles. The Morgan fingerprint density at radius 3 is 2.84 bits per heavy atom. The largest absolute Gasteiger partial charge is 0.350 e. The van der Waals surface area contributed by atoms with Gasteiger partial charge in [-0.05, 0) is 6.42 Å². The van der Waals surface area contributed by atoms with Gasteiger partial charge in [-0.1, -0.05) is 6.92 Å². The van der Waals surface area contributed by atoms with Crippen LogP contribution in [-0.2, 0) is 13.0 Å². The number of hydrogen-bond acceptors (Lipinski definition) is 6. The Labute approximate surface area is 110 Å². The van der Waals surface area contributed by atoms with Crippen molar-refractivity contribution in [3.63, 3.8) is 0 Å². The molecule has 9 heteroatoms. The van der Waals surface area contributed by atoms with Crippen molar-refractivity contribution in [3.8, 4) is 0 Å². The van der Waals surface area contributed by atoms with Crippen molar-refractivity contribution in [2.24, 2.45) is 0 Å². The lowest BCUT2D eigenvalue weighted by atomic mass is 10.4. The van der Waals surface area contributed by atoms with Crippen LogP contribution in [0, 0.1) is 10.1 Å². The second-order valence-corrected chi connectivity index (χ2v) is 4.69. The summed E-state index contributed by atoms with van der Waals surface area (Å²) in [6.45, 7) is 2.05. The number of hydrogen-bond donors (Lipinski definition) is 1. The Hall–Kier alpha value is -2.29. The van der Waals surface area contributed by atoms with Gasteiger partial charge in [0.1, 0.15) is 0 Å². The van der Waals surface area contributed by atoms with E-state index in [0.717, 1.165) is 22.2 Å². The van der Waals surface area contributed by atoms with Crippen LogP contribution in [0.1, 0.15) is 17.6 Å². The summed E-state index contributed by atoms with van der Waals surface area (Å²) in [6.07, 6.45) is 1.72. The SMILES string of the molecule is CCc1nc(Cn2cc([N+](=O)[O-])c(=O)[nH]c2=O)cs1. The molecule has 0 radical (unpaired) electrons. The lowest BCUT2D eigenvalue weighted by Crippen LogP contribution is -2.31. The van der Waals surface area contributed by atoms with Crippen molar-refractivity contribution < 1.29 is 4.92 Å². The lowest BCUT2D eigenvalue weighted by Gasteiger charge is -2.01. The quantitative estimate of drug-likeness (QED) is 0.648. The van der Waals surface area contributed by atoms with Gasteiger partial charge in [-0.3, -0.25) is 24.5 Å². The molecule has 19 heavy (non-hydrogen) atoms. The van der Waals surface area contributed by atoms with E-state index in [9.17, 15) is 19.7 Å². The lowest BCUT2D eigenvalue weighted by molar-refractivity contribution is -0.386.